The third kappa shape index (κ3) is 3.95. The summed E-state index contributed by atoms with van der Waals surface area (Å²) in [5.74, 6) is -0.839. The highest BCUT2D eigenvalue weighted by Gasteiger charge is 2.49. The molecule has 27 heavy (non-hydrogen) atoms. The predicted molar refractivity (Wildman–Crippen MR) is 105 cm³/mol. The Balaban J connectivity index is 1.72. The van der Waals surface area contributed by atoms with E-state index in [4.69, 9.17) is 23.2 Å². The van der Waals surface area contributed by atoms with Gasteiger partial charge >= 0.3 is 6.03 Å². The summed E-state index contributed by atoms with van der Waals surface area (Å²) in [5.41, 5.74) is -0.702. The number of hydrogen-bond donors (Lipinski definition) is 1. The molecule has 1 N–H and O–H groups in total. The Morgan fingerprint density at radius 2 is 2.00 bits per heavy atom. The van der Waals surface area contributed by atoms with Crippen molar-refractivity contribution >= 4 is 52.4 Å². The van der Waals surface area contributed by atoms with Crippen LogP contribution in [0.2, 0.25) is 9.36 Å². The van der Waals surface area contributed by atoms with Crippen molar-refractivity contribution in [1.29, 1.82) is 0 Å². The van der Waals surface area contributed by atoms with Gasteiger partial charge in [0.05, 0.1) is 10.9 Å². The lowest BCUT2D eigenvalue weighted by atomic mass is 9.92. The number of likely N-dealkylation sites (N-methyl/N-ethyl adjacent to an activating group) is 1. The first kappa shape index (κ1) is 19.7. The average molecular weight is 426 g/mol. The fraction of sp³-hybridized carbons (Fsp3) is 0.278. The van der Waals surface area contributed by atoms with Crippen molar-refractivity contribution in [1.82, 2.24) is 15.1 Å². The van der Waals surface area contributed by atoms with Crippen LogP contribution in [-0.2, 0) is 21.7 Å². The predicted octanol–water partition coefficient (Wildman–Crippen LogP) is 3.48. The summed E-state index contributed by atoms with van der Waals surface area (Å²) in [4.78, 5) is 41.0. The molecule has 1 aromatic carbocycles. The Bertz CT molecular complexity index is 917. The van der Waals surface area contributed by atoms with Crippen LogP contribution in [0, 0.1) is 0 Å². The van der Waals surface area contributed by atoms with Gasteiger partial charge in [-0.25, -0.2) is 4.79 Å². The third-order valence-corrected chi connectivity index (χ3v) is 5.87. The van der Waals surface area contributed by atoms with Crippen molar-refractivity contribution in [3.05, 3.63) is 56.2 Å². The molecule has 6 nitrogen and oxygen atoms in total. The molecule has 0 aliphatic carbocycles. The first-order valence-corrected chi connectivity index (χ1v) is 9.66. The van der Waals surface area contributed by atoms with Crippen LogP contribution in [0.4, 0.5) is 4.79 Å². The zero-order valence-electron chi connectivity index (χ0n) is 14.7. The molecule has 3 rings (SSSR count). The van der Waals surface area contributed by atoms with Crippen LogP contribution in [0.25, 0.3) is 0 Å². The lowest BCUT2D eigenvalue weighted by molar-refractivity contribution is -0.138. The maximum Gasteiger partial charge on any atom is 0.325 e. The van der Waals surface area contributed by atoms with Crippen LogP contribution in [0.1, 0.15) is 17.4 Å². The van der Waals surface area contributed by atoms with Crippen LogP contribution in [0.5, 0.6) is 0 Å². The molecule has 4 amide bonds. The van der Waals surface area contributed by atoms with Crippen molar-refractivity contribution in [2.45, 2.75) is 19.0 Å². The van der Waals surface area contributed by atoms with Crippen molar-refractivity contribution in [2.24, 2.45) is 0 Å². The molecular formula is C18H17Cl2N3O3S. The summed E-state index contributed by atoms with van der Waals surface area (Å²) in [6, 6.07) is 9.70. The van der Waals surface area contributed by atoms with Crippen LogP contribution >= 0.6 is 34.5 Å². The Morgan fingerprint density at radius 3 is 2.63 bits per heavy atom. The summed E-state index contributed by atoms with van der Waals surface area (Å²) in [6.07, 6.45) is 0. The maximum atomic E-state index is 12.9. The molecule has 142 valence electrons. The van der Waals surface area contributed by atoms with Crippen LogP contribution in [0.15, 0.2) is 36.4 Å². The number of benzene rings is 1. The number of urea groups is 1. The second-order valence-electron chi connectivity index (χ2n) is 6.41. The summed E-state index contributed by atoms with van der Waals surface area (Å²) >= 11 is 13.3. The smallest absolute Gasteiger partial charge is 0.325 e. The van der Waals surface area contributed by atoms with Gasteiger partial charge in [-0.2, -0.15) is 0 Å². The van der Waals surface area contributed by atoms with Crippen molar-refractivity contribution in [3.8, 4) is 0 Å². The second kappa shape index (κ2) is 7.50. The van der Waals surface area contributed by atoms with Gasteiger partial charge in [0.25, 0.3) is 5.91 Å². The second-order valence-corrected chi connectivity index (χ2v) is 8.65. The SMILES string of the molecule is CN(Cc1ccc(Cl)s1)C(=O)CN1C(=O)NC(C)(c2cccc(Cl)c2)C1=O. The fourth-order valence-electron chi connectivity index (χ4n) is 2.85. The van der Waals surface area contributed by atoms with E-state index in [0.29, 0.717) is 21.5 Å². The van der Waals surface area contributed by atoms with Gasteiger partial charge in [0, 0.05) is 16.9 Å². The van der Waals surface area contributed by atoms with Gasteiger partial charge in [-0.1, -0.05) is 35.3 Å². The van der Waals surface area contributed by atoms with Gasteiger partial charge in [-0.15, -0.1) is 11.3 Å². The molecule has 0 bridgehead atoms. The molecule has 9 heteroatoms. The number of halogens is 2. The highest BCUT2D eigenvalue weighted by atomic mass is 35.5. The van der Waals surface area contributed by atoms with Crippen molar-refractivity contribution in [2.75, 3.05) is 13.6 Å². The number of nitrogens with one attached hydrogen (secondary N) is 1. The molecule has 2 aromatic rings. The van der Waals surface area contributed by atoms with E-state index in [1.165, 1.54) is 16.2 Å². The fourth-order valence-corrected chi connectivity index (χ4v) is 4.18. The molecule has 0 spiro atoms. The quantitative estimate of drug-likeness (QED) is 0.745. The zero-order valence-corrected chi connectivity index (χ0v) is 17.0. The van der Waals surface area contributed by atoms with Gasteiger partial charge in [0.2, 0.25) is 5.91 Å². The minimum Gasteiger partial charge on any atom is -0.339 e. The van der Waals surface area contributed by atoms with Crippen LogP contribution in [-0.4, -0.2) is 41.2 Å². The molecule has 0 saturated carbocycles. The monoisotopic (exact) mass is 425 g/mol. The molecule has 0 radical (unpaired) electrons. The standard InChI is InChI=1S/C18H17Cl2N3O3S/c1-18(11-4-3-5-12(19)8-11)16(25)23(17(26)21-18)10-15(24)22(2)9-13-6-7-14(20)27-13/h3-8H,9-10H2,1-2H3,(H,21,26). The third-order valence-electron chi connectivity index (χ3n) is 4.42. The van der Waals surface area contributed by atoms with E-state index in [1.807, 2.05) is 6.07 Å². The molecule has 1 aliphatic heterocycles. The normalized spacial score (nSPS) is 19.3. The van der Waals surface area contributed by atoms with Gasteiger partial charge in [0.1, 0.15) is 12.1 Å². The highest BCUT2D eigenvalue weighted by Crippen LogP contribution is 2.30. The number of hydrogen-bond acceptors (Lipinski definition) is 4. The number of amides is 4. The Morgan fingerprint density at radius 1 is 1.26 bits per heavy atom. The summed E-state index contributed by atoms with van der Waals surface area (Å²) < 4.78 is 0.636. The van der Waals surface area contributed by atoms with Crippen molar-refractivity contribution in [3.63, 3.8) is 0 Å². The topological polar surface area (TPSA) is 69.7 Å². The molecule has 1 unspecified atom stereocenters. The molecule has 1 aromatic heterocycles. The molecule has 1 aliphatic rings. The minimum atomic E-state index is -1.26. The van der Waals surface area contributed by atoms with E-state index < -0.39 is 17.5 Å². The largest absolute Gasteiger partial charge is 0.339 e. The van der Waals surface area contributed by atoms with E-state index in [-0.39, 0.29) is 12.5 Å². The van der Waals surface area contributed by atoms with Gasteiger partial charge in [0.15, 0.2) is 0 Å². The molecule has 1 fully saturated rings. The first-order chi connectivity index (χ1) is 12.7. The zero-order chi connectivity index (χ0) is 19.8. The lowest BCUT2D eigenvalue weighted by Gasteiger charge is -2.23. The first-order valence-electron chi connectivity index (χ1n) is 8.09. The Hall–Kier alpha value is -2.09. The summed E-state index contributed by atoms with van der Waals surface area (Å²) in [6.45, 7) is 1.61. The maximum absolute atomic E-state index is 12.9. The highest BCUT2D eigenvalue weighted by molar-refractivity contribution is 7.16. The van der Waals surface area contributed by atoms with E-state index in [0.717, 1.165) is 9.78 Å². The van der Waals surface area contributed by atoms with Gasteiger partial charge in [-0.05, 0) is 36.8 Å². The molecule has 1 saturated heterocycles. The summed E-state index contributed by atoms with van der Waals surface area (Å²) in [7, 11) is 1.62. The van der Waals surface area contributed by atoms with Crippen LogP contribution in [0.3, 0.4) is 0 Å². The average Bonchev–Trinajstić information content (AvgIpc) is 3.11. The van der Waals surface area contributed by atoms with E-state index in [1.54, 1.807) is 44.3 Å². The van der Waals surface area contributed by atoms with Gasteiger partial charge < -0.3 is 10.2 Å². The molecule has 2 heterocycles. The molecule has 1 atom stereocenters. The van der Waals surface area contributed by atoms with Crippen LogP contribution < -0.4 is 5.32 Å². The van der Waals surface area contributed by atoms with Crippen molar-refractivity contribution < 1.29 is 14.4 Å². The Kier molecular flexibility index (Phi) is 5.46. The Labute approximate surface area is 170 Å². The number of carbonyl (C=O) groups is 3. The number of rotatable bonds is 5. The van der Waals surface area contributed by atoms with E-state index >= 15 is 0 Å². The summed E-state index contributed by atoms with van der Waals surface area (Å²) in [5, 5.41) is 3.12. The molecular weight excluding hydrogens is 409 g/mol. The number of imide groups is 1. The lowest BCUT2D eigenvalue weighted by Crippen LogP contribution is -2.43. The van der Waals surface area contributed by atoms with E-state index in [9.17, 15) is 14.4 Å². The number of nitrogens with zero attached hydrogens (tertiary/aromatic N) is 2. The van der Waals surface area contributed by atoms with E-state index in [2.05, 4.69) is 5.32 Å². The number of carbonyl (C=O) groups excluding carboxylic acids is 3. The number of thiophene rings is 1. The van der Waals surface area contributed by atoms with Gasteiger partial charge in [-0.3, -0.25) is 14.5 Å². The minimum absolute atomic E-state index is 0.337.